The fourth-order valence-corrected chi connectivity index (χ4v) is 2.05. The third kappa shape index (κ3) is 2.52. The van der Waals surface area contributed by atoms with E-state index in [2.05, 4.69) is 10.3 Å². The molecule has 2 amide bonds. The summed E-state index contributed by atoms with van der Waals surface area (Å²) in [5.74, 6) is 0.747. The predicted octanol–water partition coefficient (Wildman–Crippen LogP) is 0.0472. The zero-order chi connectivity index (χ0) is 13.1. The molecule has 2 heterocycles. The van der Waals surface area contributed by atoms with Crippen molar-refractivity contribution in [2.24, 2.45) is 7.05 Å². The van der Waals surface area contributed by atoms with Gasteiger partial charge in [0.2, 0.25) is 11.8 Å². The van der Waals surface area contributed by atoms with Gasteiger partial charge >= 0.3 is 0 Å². The van der Waals surface area contributed by atoms with Crippen molar-refractivity contribution in [1.82, 2.24) is 19.8 Å². The van der Waals surface area contributed by atoms with E-state index < -0.39 is 6.04 Å². The van der Waals surface area contributed by atoms with Crippen LogP contribution in [0.5, 0.6) is 0 Å². The zero-order valence-electron chi connectivity index (χ0n) is 10.7. The fourth-order valence-electron chi connectivity index (χ4n) is 2.05. The summed E-state index contributed by atoms with van der Waals surface area (Å²) >= 11 is 0. The molecular formula is C12H18N4O2. The van der Waals surface area contributed by atoms with E-state index in [1.54, 1.807) is 11.1 Å². The Hall–Kier alpha value is -1.85. The smallest absolute Gasteiger partial charge is 0.245 e. The molecule has 6 heteroatoms. The van der Waals surface area contributed by atoms with Crippen molar-refractivity contribution >= 4 is 11.8 Å². The van der Waals surface area contributed by atoms with Gasteiger partial charge in [-0.3, -0.25) is 9.59 Å². The molecule has 0 saturated carbocycles. The van der Waals surface area contributed by atoms with Gasteiger partial charge in [-0.2, -0.15) is 0 Å². The highest BCUT2D eigenvalue weighted by molar-refractivity contribution is 5.89. The Bertz CT molecular complexity index is 455. The summed E-state index contributed by atoms with van der Waals surface area (Å²) in [6, 6.07) is -0.403. The Morgan fingerprint density at radius 1 is 1.50 bits per heavy atom. The maximum atomic E-state index is 12.2. The molecule has 1 N–H and O–H groups in total. The molecule has 0 bridgehead atoms. The van der Waals surface area contributed by atoms with Crippen LogP contribution in [-0.2, 0) is 23.2 Å². The van der Waals surface area contributed by atoms with Crippen molar-refractivity contribution in [3.63, 3.8) is 0 Å². The van der Waals surface area contributed by atoms with E-state index >= 15 is 0 Å². The van der Waals surface area contributed by atoms with Gasteiger partial charge in [0.05, 0.1) is 6.54 Å². The molecule has 6 nitrogen and oxygen atoms in total. The van der Waals surface area contributed by atoms with Crippen LogP contribution in [0.4, 0.5) is 0 Å². The fraction of sp³-hybridized carbons (Fsp3) is 0.583. The van der Waals surface area contributed by atoms with Crippen molar-refractivity contribution in [3.05, 3.63) is 18.2 Å². The number of nitrogens with one attached hydrogen (secondary N) is 1. The largest absolute Gasteiger partial charge is 0.344 e. The Kier molecular flexibility index (Phi) is 3.64. The lowest BCUT2D eigenvalue weighted by molar-refractivity contribution is -0.134. The van der Waals surface area contributed by atoms with E-state index in [4.69, 9.17) is 0 Å². The van der Waals surface area contributed by atoms with Gasteiger partial charge in [-0.05, 0) is 6.42 Å². The van der Waals surface area contributed by atoms with E-state index in [1.807, 2.05) is 24.7 Å². The summed E-state index contributed by atoms with van der Waals surface area (Å²) in [7, 11) is 1.89. The molecule has 1 aromatic heterocycles. The first kappa shape index (κ1) is 12.6. The highest BCUT2D eigenvalue weighted by Crippen LogP contribution is 2.10. The third-order valence-electron chi connectivity index (χ3n) is 3.22. The summed E-state index contributed by atoms with van der Waals surface area (Å²) in [6.45, 7) is 2.80. The minimum atomic E-state index is -0.403. The lowest BCUT2D eigenvalue weighted by atomic mass is 10.2. The van der Waals surface area contributed by atoms with Crippen LogP contribution < -0.4 is 5.32 Å². The molecule has 0 spiro atoms. The van der Waals surface area contributed by atoms with Gasteiger partial charge in [0.1, 0.15) is 11.9 Å². The van der Waals surface area contributed by atoms with Gasteiger partial charge in [-0.1, -0.05) is 6.92 Å². The van der Waals surface area contributed by atoms with Gasteiger partial charge < -0.3 is 14.8 Å². The number of hydrogen-bond acceptors (Lipinski definition) is 3. The molecule has 2 rings (SSSR count). The molecule has 0 aliphatic carbocycles. The average molecular weight is 250 g/mol. The average Bonchev–Trinajstić information content (AvgIpc) is 2.70. The van der Waals surface area contributed by atoms with Crippen molar-refractivity contribution < 1.29 is 9.59 Å². The number of rotatable bonds is 3. The van der Waals surface area contributed by atoms with E-state index in [-0.39, 0.29) is 11.8 Å². The Morgan fingerprint density at radius 2 is 2.28 bits per heavy atom. The van der Waals surface area contributed by atoms with E-state index in [0.29, 0.717) is 25.9 Å². The van der Waals surface area contributed by atoms with Gasteiger partial charge in [0.25, 0.3) is 0 Å². The number of carbonyl (C=O) groups is 2. The predicted molar refractivity (Wildman–Crippen MR) is 65.5 cm³/mol. The molecule has 1 atom stereocenters. The molecule has 0 aromatic carbocycles. The van der Waals surface area contributed by atoms with Crippen LogP contribution in [0.1, 0.15) is 25.6 Å². The summed E-state index contributed by atoms with van der Waals surface area (Å²) < 4.78 is 1.88. The first-order chi connectivity index (χ1) is 8.61. The molecule has 98 valence electrons. The second kappa shape index (κ2) is 5.20. The lowest BCUT2D eigenvalue weighted by Crippen LogP contribution is -2.44. The van der Waals surface area contributed by atoms with Gasteiger partial charge in [0.15, 0.2) is 0 Å². The minimum Gasteiger partial charge on any atom is -0.344 e. The monoisotopic (exact) mass is 250 g/mol. The molecule has 1 saturated heterocycles. The van der Waals surface area contributed by atoms with E-state index in [9.17, 15) is 9.59 Å². The molecule has 1 aliphatic rings. The van der Waals surface area contributed by atoms with Crippen LogP contribution >= 0.6 is 0 Å². The highest BCUT2D eigenvalue weighted by Gasteiger charge is 2.28. The number of hydrogen-bond donors (Lipinski definition) is 1. The Morgan fingerprint density at radius 3 is 2.89 bits per heavy atom. The second-order valence-electron chi connectivity index (χ2n) is 4.49. The molecule has 1 unspecified atom stereocenters. The Balaban J connectivity index is 2.13. The van der Waals surface area contributed by atoms with Crippen LogP contribution in [0.15, 0.2) is 12.4 Å². The standard InChI is InChI=1S/C12H18N4O2/c1-3-9-12(18)16(6-4-11(17)14-9)8-10-13-5-7-15(10)2/h5,7,9H,3-4,6,8H2,1-2H3,(H,14,17). The second-order valence-corrected chi connectivity index (χ2v) is 4.49. The number of carbonyl (C=O) groups excluding carboxylic acids is 2. The number of nitrogens with zero attached hydrogens (tertiary/aromatic N) is 3. The topological polar surface area (TPSA) is 67.2 Å². The van der Waals surface area contributed by atoms with Crippen LogP contribution in [0, 0.1) is 0 Å². The molecule has 0 radical (unpaired) electrons. The highest BCUT2D eigenvalue weighted by atomic mass is 16.2. The van der Waals surface area contributed by atoms with Crippen molar-refractivity contribution in [1.29, 1.82) is 0 Å². The number of amides is 2. The van der Waals surface area contributed by atoms with Crippen LogP contribution in [0.3, 0.4) is 0 Å². The molecular weight excluding hydrogens is 232 g/mol. The summed E-state index contributed by atoms with van der Waals surface area (Å²) in [6.07, 6.45) is 4.52. The first-order valence-corrected chi connectivity index (χ1v) is 6.16. The van der Waals surface area contributed by atoms with Gasteiger partial charge in [-0.15, -0.1) is 0 Å². The number of aromatic nitrogens is 2. The SMILES string of the molecule is CCC1NC(=O)CCN(Cc2nccn2C)C1=O. The summed E-state index contributed by atoms with van der Waals surface area (Å²) in [5, 5.41) is 2.75. The van der Waals surface area contributed by atoms with E-state index in [0.717, 1.165) is 5.82 Å². The zero-order valence-corrected chi connectivity index (χ0v) is 10.7. The molecule has 18 heavy (non-hydrogen) atoms. The van der Waals surface area contributed by atoms with Crippen molar-refractivity contribution in [3.8, 4) is 0 Å². The van der Waals surface area contributed by atoms with E-state index in [1.165, 1.54) is 0 Å². The maximum Gasteiger partial charge on any atom is 0.245 e. The molecule has 1 fully saturated rings. The van der Waals surface area contributed by atoms with Gasteiger partial charge in [0, 0.05) is 32.4 Å². The minimum absolute atomic E-state index is 0.0219. The first-order valence-electron chi connectivity index (χ1n) is 6.16. The Labute approximate surface area is 106 Å². The summed E-state index contributed by atoms with van der Waals surface area (Å²) in [4.78, 5) is 29.6. The molecule has 1 aromatic rings. The summed E-state index contributed by atoms with van der Waals surface area (Å²) in [5.41, 5.74) is 0. The number of aryl methyl sites for hydroxylation is 1. The lowest BCUT2D eigenvalue weighted by Gasteiger charge is -2.23. The number of imidazole rings is 1. The normalized spacial score (nSPS) is 20.8. The van der Waals surface area contributed by atoms with Crippen LogP contribution in [0.25, 0.3) is 0 Å². The maximum absolute atomic E-state index is 12.2. The van der Waals surface area contributed by atoms with Crippen molar-refractivity contribution in [2.75, 3.05) is 6.54 Å². The van der Waals surface area contributed by atoms with Crippen molar-refractivity contribution in [2.45, 2.75) is 32.4 Å². The van der Waals surface area contributed by atoms with Crippen LogP contribution in [-0.4, -0.2) is 38.9 Å². The van der Waals surface area contributed by atoms with Crippen LogP contribution in [0.2, 0.25) is 0 Å². The van der Waals surface area contributed by atoms with Gasteiger partial charge in [-0.25, -0.2) is 4.98 Å². The third-order valence-corrected chi connectivity index (χ3v) is 3.22. The quantitative estimate of drug-likeness (QED) is 0.824. The molecule has 1 aliphatic heterocycles.